The number of methoxy groups -OCH3 is 1. The molecule has 0 saturated carbocycles. The van der Waals surface area contributed by atoms with Crippen molar-refractivity contribution < 1.29 is 9.15 Å². The molecule has 1 aromatic heterocycles. The monoisotopic (exact) mass is 315 g/mol. The van der Waals surface area contributed by atoms with E-state index in [0.29, 0.717) is 12.5 Å². The molecule has 0 aliphatic carbocycles. The van der Waals surface area contributed by atoms with Gasteiger partial charge in [-0.3, -0.25) is 0 Å². The van der Waals surface area contributed by atoms with Crippen LogP contribution >= 0.6 is 0 Å². The van der Waals surface area contributed by atoms with Crippen LogP contribution in [0.3, 0.4) is 0 Å². The second-order valence-electron chi connectivity index (χ2n) is 5.30. The van der Waals surface area contributed by atoms with Crippen LogP contribution in [0.4, 0.5) is 0 Å². The first-order valence-corrected chi connectivity index (χ1v) is 7.92. The lowest BCUT2D eigenvalue weighted by Crippen LogP contribution is -2.39. The lowest BCUT2D eigenvalue weighted by Gasteiger charge is -2.18. The summed E-state index contributed by atoms with van der Waals surface area (Å²) >= 11 is 0. The lowest BCUT2D eigenvalue weighted by atomic mass is 10.0. The Morgan fingerprint density at radius 2 is 2.04 bits per heavy atom. The highest BCUT2D eigenvalue weighted by Crippen LogP contribution is 2.25. The van der Waals surface area contributed by atoms with Gasteiger partial charge in [0.25, 0.3) is 0 Å². The molecule has 0 saturated heterocycles. The van der Waals surface area contributed by atoms with Gasteiger partial charge < -0.3 is 19.8 Å². The maximum absolute atomic E-state index is 5.43. The Morgan fingerprint density at radius 3 is 2.74 bits per heavy atom. The molecule has 124 valence electrons. The van der Waals surface area contributed by atoms with E-state index in [4.69, 9.17) is 9.15 Å². The normalized spacial score (nSPS) is 12.7. The molecule has 23 heavy (non-hydrogen) atoms. The average Bonchev–Trinajstić information content (AvgIpc) is 3.10. The molecule has 1 atom stereocenters. The zero-order chi connectivity index (χ0) is 16.5. The number of rotatable bonds is 7. The van der Waals surface area contributed by atoms with Crippen LogP contribution in [0.2, 0.25) is 0 Å². The Bertz CT molecular complexity index is 608. The number of nitrogens with zero attached hydrogens (tertiary/aromatic N) is 1. The topological polar surface area (TPSA) is 58.8 Å². The van der Waals surface area contributed by atoms with Crippen LogP contribution in [0.25, 0.3) is 0 Å². The number of ether oxygens (including phenoxy) is 1. The predicted molar refractivity (Wildman–Crippen MR) is 92.9 cm³/mol. The largest absolute Gasteiger partial charge is 0.496 e. The van der Waals surface area contributed by atoms with Crippen LogP contribution < -0.4 is 15.4 Å². The zero-order valence-corrected chi connectivity index (χ0v) is 14.0. The van der Waals surface area contributed by atoms with Crippen molar-refractivity contribution >= 4 is 5.96 Å². The van der Waals surface area contributed by atoms with Crippen LogP contribution in [0.15, 0.2) is 52.1 Å². The van der Waals surface area contributed by atoms with E-state index in [2.05, 4.69) is 28.6 Å². The number of guanidine groups is 1. The first-order valence-electron chi connectivity index (χ1n) is 7.92. The Hall–Kier alpha value is -2.43. The molecule has 1 unspecified atom stereocenters. The van der Waals surface area contributed by atoms with Crippen LogP contribution in [0.5, 0.6) is 5.75 Å². The summed E-state index contributed by atoms with van der Waals surface area (Å²) in [5.74, 6) is 2.85. The van der Waals surface area contributed by atoms with Gasteiger partial charge in [0.1, 0.15) is 18.1 Å². The molecular weight excluding hydrogens is 290 g/mol. The molecular formula is C18H25N3O2. The van der Waals surface area contributed by atoms with Crippen LogP contribution in [0.1, 0.15) is 31.1 Å². The summed E-state index contributed by atoms with van der Waals surface area (Å²) in [5.41, 5.74) is 1.18. The Morgan fingerprint density at radius 1 is 1.22 bits per heavy atom. The summed E-state index contributed by atoms with van der Waals surface area (Å²) in [6.07, 6.45) is 1.66. The second-order valence-corrected chi connectivity index (χ2v) is 5.30. The van der Waals surface area contributed by atoms with Gasteiger partial charge in [0.2, 0.25) is 0 Å². The fraction of sp³-hybridized carbons (Fsp3) is 0.389. The zero-order valence-electron chi connectivity index (χ0n) is 14.0. The van der Waals surface area contributed by atoms with Crippen molar-refractivity contribution in [3.8, 4) is 5.75 Å². The fourth-order valence-electron chi connectivity index (χ4n) is 2.33. The average molecular weight is 315 g/mol. The SMILES string of the molecule is CCNC(=NCc1ccco1)NCC(C)c1ccccc1OC. The van der Waals surface area contributed by atoms with E-state index in [1.807, 2.05) is 37.3 Å². The Kier molecular flexibility index (Phi) is 6.54. The van der Waals surface area contributed by atoms with Gasteiger partial charge in [-0.25, -0.2) is 4.99 Å². The van der Waals surface area contributed by atoms with Gasteiger partial charge >= 0.3 is 0 Å². The van der Waals surface area contributed by atoms with E-state index in [0.717, 1.165) is 30.6 Å². The molecule has 5 heteroatoms. The Balaban J connectivity index is 1.96. The lowest BCUT2D eigenvalue weighted by molar-refractivity contribution is 0.406. The minimum absolute atomic E-state index is 0.304. The van der Waals surface area contributed by atoms with Gasteiger partial charge in [-0.2, -0.15) is 0 Å². The maximum Gasteiger partial charge on any atom is 0.191 e. The number of hydrogen-bond acceptors (Lipinski definition) is 3. The van der Waals surface area contributed by atoms with E-state index in [-0.39, 0.29) is 0 Å². The first-order chi connectivity index (χ1) is 11.2. The molecule has 0 spiro atoms. The summed E-state index contributed by atoms with van der Waals surface area (Å²) in [7, 11) is 1.70. The number of benzene rings is 1. The summed E-state index contributed by atoms with van der Waals surface area (Å²) in [4.78, 5) is 4.53. The third-order valence-corrected chi connectivity index (χ3v) is 3.56. The van der Waals surface area contributed by atoms with E-state index in [1.54, 1.807) is 13.4 Å². The summed E-state index contributed by atoms with van der Waals surface area (Å²) < 4.78 is 10.7. The molecule has 0 fully saturated rings. The molecule has 0 radical (unpaired) electrons. The molecule has 0 amide bonds. The van der Waals surface area contributed by atoms with Crippen molar-refractivity contribution in [1.82, 2.24) is 10.6 Å². The number of furan rings is 1. The first kappa shape index (κ1) is 16.9. The van der Waals surface area contributed by atoms with Crippen molar-refractivity contribution in [3.63, 3.8) is 0 Å². The van der Waals surface area contributed by atoms with E-state index in [1.165, 1.54) is 5.56 Å². The van der Waals surface area contributed by atoms with Crippen molar-refractivity contribution in [3.05, 3.63) is 54.0 Å². The predicted octanol–water partition coefficient (Wildman–Crippen LogP) is 3.15. The van der Waals surface area contributed by atoms with E-state index >= 15 is 0 Å². The number of hydrogen-bond donors (Lipinski definition) is 2. The second kappa shape index (κ2) is 8.88. The van der Waals surface area contributed by atoms with Gasteiger partial charge in [-0.1, -0.05) is 25.1 Å². The highest BCUT2D eigenvalue weighted by molar-refractivity contribution is 5.79. The quantitative estimate of drug-likeness (QED) is 0.609. The number of para-hydroxylation sites is 1. The van der Waals surface area contributed by atoms with Gasteiger partial charge in [-0.05, 0) is 30.7 Å². The molecule has 2 rings (SSSR count). The Labute approximate surface area is 137 Å². The smallest absolute Gasteiger partial charge is 0.191 e. The molecule has 0 aliphatic heterocycles. The van der Waals surface area contributed by atoms with Crippen molar-refractivity contribution in [1.29, 1.82) is 0 Å². The summed E-state index contributed by atoms with van der Waals surface area (Å²) in [6, 6.07) is 11.9. The van der Waals surface area contributed by atoms with E-state index in [9.17, 15) is 0 Å². The minimum Gasteiger partial charge on any atom is -0.496 e. The molecule has 0 aliphatic rings. The van der Waals surface area contributed by atoms with Gasteiger partial charge in [-0.15, -0.1) is 0 Å². The molecule has 5 nitrogen and oxygen atoms in total. The molecule has 1 heterocycles. The third-order valence-electron chi connectivity index (χ3n) is 3.56. The van der Waals surface area contributed by atoms with Crippen LogP contribution in [0, 0.1) is 0 Å². The highest BCUT2D eigenvalue weighted by atomic mass is 16.5. The molecule has 2 aromatic rings. The van der Waals surface area contributed by atoms with Crippen LogP contribution in [-0.4, -0.2) is 26.2 Å². The molecule has 0 bridgehead atoms. The molecule has 1 aromatic carbocycles. The van der Waals surface area contributed by atoms with Gasteiger partial charge in [0.15, 0.2) is 5.96 Å². The highest BCUT2D eigenvalue weighted by Gasteiger charge is 2.11. The van der Waals surface area contributed by atoms with Gasteiger partial charge in [0, 0.05) is 19.0 Å². The standard InChI is InChI=1S/C18H25N3O2/c1-4-19-18(21-13-15-8-7-11-23-15)20-12-14(2)16-9-5-6-10-17(16)22-3/h5-11,14H,4,12-13H2,1-3H3,(H2,19,20,21). The summed E-state index contributed by atoms with van der Waals surface area (Å²) in [6.45, 7) is 6.32. The third kappa shape index (κ3) is 5.06. The van der Waals surface area contributed by atoms with Crippen molar-refractivity contribution in [2.75, 3.05) is 20.2 Å². The van der Waals surface area contributed by atoms with Crippen molar-refractivity contribution in [2.45, 2.75) is 26.3 Å². The van der Waals surface area contributed by atoms with Gasteiger partial charge in [0.05, 0.1) is 13.4 Å². The molecule has 2 N–H and O–H groups in total. The van der Waals surface area contributed by atoms with Crippen molar-refractivity contribution in [2.24, 2.45) is 4.99 Å². The summed E-state index contributed by atoms with van der Waals surface area (Å²) in [5, 5.41) is 6.62. The number of nitrogens with one attached hydrogen (secondary N) is 2. The maximum atomic E-state index is 5.43. The van der Waals surface area contributed by atoms with Crippen LogP contribution in [-0.2, 0) is 6.54 Å². The minimum atomic E-state index is 0.304. The van der Waals surface area contributed by atoms with E-state index < -0.39 is 0 Å². The number of aliphatic imine (C=N–C) groups is 1. The fourth-order valence-corrected chi connectivity index (χ4v) is 2.33.